The highest BCUT2D eigenvalue weighted by molar-refractivity contribution is 7.89. The number of sulfonamides is 1. The Balaban J connectivity index is 2.16. The van der Waals surface area contributed by atoms with Crippen molar-refractivity contribution in [1.29, 1.82) is 0 Å². The second-order valence-electron chi connectivity index (χ2n) is 5.67. The lowest BCUT2D eigenvalue weighted by atomic mass is 10.2. The van der Waals surface area contributed by atoms with Crippen LogP contribution in [0.5, 0.6) is 0 Å². The molecule has 2 rings (SSSR count). The van der Waals surface area contributed by atoms with Crippen LogP contribution in [-0.2, 0) is 14.8 Å². The van der Waals surface area contributed by atoms with E-state index in [1.54, 1.807) is 0 Å². The highest BCUT2D eigenvalue weighted by Gasteiger charge is 2.39. The number of benzene rings is 1. The molecule has 0 aliphatic carbocycles. The summed E-state index contributed by atoms with van der Waals surface area (Å²) in [6.07, 6.45) is 1.00. The smallest absolute Gasteiger partial charge is 0.270 e. The minimum atomic E-state index is -3.97. The summed E-state index contributed by atoms with van der Waals surface area (Å²) < 4.78 is 26.8. The first-order valence-electron chi connectivity index (χ1n) is 8.12. The van der Waals surface area contributed by atoms with Gasteiger partial charge >= 0.3 is 0 Å². The minimum Gasteiger partial charge on any atom is -0.353 e. The second-order valence-corrected chi connectivity index (χ2v) is 7.56. The number of hydrogen-bond acceptors (Lipinski definition) is 6. The molecule has 0 aromatic heterocycles. The van der Waals surface area contributed by atoms with E-state index < -0.39 is 21.0 Å². The van der Waals surface area contributed by atoms with Gasteiger partial charge < -0.3 is 10.6 Å². The van der Waals surface area contributed by atoms with Crippen molar-refractivity contribution in [1.82, 2.24) is 14.9 Å². The predicted molar refractivity (Wildman–Crippen MR) is 91.6 cm³/mol. The average molecular weight is 370 g/mol. The summed E-state index contributed by atoms with van der Waals surface area (Å²) in [6.45, 7) is 3.97. The van der Waals surface area contributed by atoms with Crippen molar-refractivity contribution in [3.05, 3.63) is 34.4 Å². The summed E-state index contributed by atoms with van der Waals surface area (Å²) in [5.41, 5.74) is -0.299. The number of amides is 1. The SMILES string of the molecule is CCNCCNC(=O)C1CCCN1S(=O)(=O)c1cccc([N+](=O)[O-])c1. The van der Waals surface area contributed by atoms with Gasteiger partial charge in [0, 0.05) is 31.8 Å². The molecule has 1 aliphatic rings. The maximum absolute atomic E-state index is 12.8. The lowest BCUT2D eigenvalue weighted by Gasteiger charge is -2.23. The van der Waals surface area contributed by atoms with Crippen LogP contribution in [0.4, 0.5) is 5.69 Å². The van der Waals surface area contributed by atoms with Crippen molar-refractivity contribution in [2.24, 2.45) is 0 Å². The first-order chi connectivity index (χ1) is 11.9. The Morgan fingerprint density at radius 3 is 2.84 bits per heavy atom. The van der Waals surface area contributed by atoms with Crippen LogP contribution in [0, 0.1) is 10.1 Å². The van der Waals surface area contributed by atoms with Gasteiger partial charge in [0.2, 0.25) is 15.9 Å². The molecular formula is C15H22N4O5S. The normalized spacial score (nSPS) is 18.2. The number of nitro benzene ring substituents is 1. The van der Waals surface area contributed by atoms with E-state index in [1.807, 2.05) is 6.92 Å². The van der Waals surface area contributed by atoms with Crippen molar-refractivity contribution >= 4 is 21.6 Å². The lowest BCUT2D eigenvalue weighted by molar-refractivity contribution is -0.385. The number of hydrogen-bond donors (Lipinski definition) is 2. The zero-order valence-corrected chi connectivity index (χ0v) is 14.8. The monoisotopic (exact) mass is 370 g/mol. The Bertz CT molecular complexity index is 737. The molecule has 1 atom stereocenters. The molecule has 25 heavy (non-hydrogen) atoms. The van der Waals surface area contributed by atoms with Gasteiger partial charge in [-0.1, -0.05) is 13.0 Å². The molecule has 1 aromatic rings. The molecule has 0 radical (unpaired) electrons. The van der Waals surface area contributed by atoms with Gasteiger partial charge in [-0.25, -0.2) is 8.42 Å². The maximum Gasteiger partial charge on any atom is 0.270 e. The first kappa shape index (κ1) is 19.3. The fraction of sp³-hybridized carbons (Fsp3) is 0.533. The van der Waals surface area contributed by atoms with Gasteiger partial charge in [0.15, 0.2) is 0 Å². The van der Waals surface area contributed by atoms with E-state index in [0.29, 0.717) is 25.9 Å². The largest absolute Gasteiger partial charge is 0.353 e. The van der Waals surface area contributed by atoms with Crippen LogP contribution in [0.3, 0.4) is 0 Å². The van der Waals surface area contributed by atoms with E-state index in [1.165, 1.54) is 18.2 Å². The van der Waals surface area contributed by atoms with Crippen LogP contribution in [-0.4, -0.2) is 55.8 Å². The van der Waals surface area contributed by atoms with Crippen molar-refractivity contribution in [3.63, 3.8) is 0 Å². The fourth-order valence-corrected chi connectivity index (χ4v) is 4.45. The van der Waals surface area contributed by atoms with Crippen LogP contribution < -0.4 is 10.6 Å². The summed E-state index contributed by atoms with van der Waals surface area (Å²) in [5, 5.41) is 16.7. The molecule has 9 nitrogen and oxygen atoms in total. The molecule has 1 aromatic carbocycles. The summed E-state index contributed by atoms with van der Waals surface area (Å²) in [4.78, 5) is 22.4. The molecule has 10 heteroatoms. The Hall–Kier alpha value is -2.04. The molecule has 0 spiro atoms. The molecule has 1 aliphatic heterocycles. The third-order valence-corrected chi connectivity index (χ3v) is 5.90. The van der Waals surface area contributed by atoms with E-state index in [2.05, 4.69) is 10.6 Å². The van der Waals surface area contributed by atoms with Gasteiger partial charge in [0.05, 0.1) is 9.82 Å². The molecule has 1 unspecified atom stereocenters. The zero-order chi connectivity index (χ0) is 18.4. The molecule has 1 saturated heterocycles. The Morgan fingerprint density at radius 2 is 2.16 bits per heavy atom. The number of likely N-dealkylation sites (N-methyl/N-ethyl adjacent to an activating group) is 1. The van der Waals surface area contributed by atoms with Gasteiger partial charge in [-0.15, -0.1) is 0 Å². The van der Waals surface area contributed by atoms with Crippen LogP contribution in [0.2, 0.25) is 0 Å². The topological polar surface area (TPSA) is 122 Å². The third kappa shape index (κ3) is 4.53. The van der Waals surface area contributed by atoms with E-state index in [0.717, 1.165) is 16.9 Å². The van der Waals surface area contributed by atoms with Gasteiger partial charge in [-0.05, 0) is 25.5 Å². The van der Waals surface area contributed by atoms with Crippen molar-refractivity contribution in [3.8, 4) is 0 Å². The quantitative estimate of drug-likeness (QED) is 0.390. The first-order valence-corrected chi connectivity index (χ1v) is 9.56. The van der Waals surface area contributed by atoms with Crippen molar-refractivity contribution < 1.29 is 18.1 Å². The maximum atomic E-state index is 12.8. The van der Waals surface area contributed by atoms with Gasteiger partial charge in [-0.3, -0.25) is 14.9 Å². The Morgan fingerprint density at radius 1 is 1.40 bits per heavy atom. The highest BCUT2D eigenvalue weighted by atomic mass is 32.2. The summed E-state index contributed by atoms with van der Waals surface area (Å²) >= 11 is 0. The number of non-ortho nitro benzene ring substituents is 1. The van der Waals surface area contributed by atoms with Gasteiger partial charge in [0.1, 0.15) is 6.04 Å². The van der Waals surface area contributed by atoms with Crippen LogP contribution in [0.15, 0.2) is 29.2 Å². The third-order valence-electron chi connectivity index (χ3n) is 3.99. The standard InChI is InChI=1S/C15H22N4O5S/c1-2-16-8-9-17-15(20)14-7-4-10-18(14)25(23,24)13-6-3-5-12(11-13)19(21)22/h3,5-6,11,14,16H,2,4,7-10H2,1H3,(H,17,20). The van der Waals surface area contributed by atoms with E-state index in [9.17, 15) is 23.3 Å². The molecular weight excluding hydrogens is 348 g/mol. The molecule has 1 fully saturated rings. The van der Waals surface area contributed by atoms with Crippen LogP contribution in [0.1, 0.15) is 19.8 Å². The number of carbonyl (C=O) groups excluding carboxylic acids is 1. The number of nitrogens with zero attached hydrogens (tertiary/aromatic N) is 2. The summed E-state index contributed by atoms with van der Waals surface area (Å²) in [6, 6.07) is 4.10. The molecule has 2 N–H and O–H groups in total. The number of nitro groups is 1. The second kappa shape index (κ2) is 8.37. The Kier molecular flexibility index (Phi) is 6.45. The van der Waals surface area contributed by atoms with Crippen LogP contribution >= 0.6 is 0 Å². The van der Waals surface area contributed by atoms with Crippen LogP contribution in [0.25, 0.3) is 0 Å². The van der Waals surface area contributed by atoms with Crippen molar-refractivity contribution in [2.45, 2.75) is 30.7 Å². The number of rotatable bonds is 8. The lowest BCUT2D eigenvalue weighted by Crippen LogP contribution is -2.47. The average Bonchev–Trinajstić information content (AvgIpc) is 3.09. The number of nitrogens with one attached hydrogen (secondary N) is 2. The zero-order valence-electron chi connectivity index (χ0n) is 14.0. The molecule has 1 amide bonds. The summed E-state index contributed by atoms with van der Waals surface area (Å²) in [7, 11) is -3.97. The molecule has 0 saturated carbocycles. The highest BCUT2D eigenvalue weighted by Crippen LogP contribution is 2.27. The number of carbonyl (C=O) groups is 1. The van der Waals surface area contributed by atoms with Gasteiger partial charge in [-0.2, -0.15) is 4.31 Å². The predicted octanol–water partition coefficient (Wildman–Crippen LogP) is 0.474. The molecule has 0 bridgehead atoms. The minimum absolute atomic E-state index is 0.172. The van der Waals surface area contributed by atoms with Gasteiger partial charge in [0.25, 0.3) is 5.69 Å². The van der Waals surface area contributed by atoms with E-state index in [-0.39, 0.29) is 23.0 Å². The summed E-state index contributed by atoms with van der Waals surface area (Å²) in [5.74, 6) is -0.343. The molecule has 138 valence electrons. The Labute approximate surface area is 146 Å². The van der Waals surface area contributed by atoms with E-state index >= 15 is 0 Å². The van der Waals surface area contributed by atoms with E-state index in [4.69, 9.17) is 0 Å². The van der Waals surface area contributed by atoms with Crippen molar-refractivity contribution in [2.75, 3.05) is 26.2 Å². The fourth-order valence-electron chi connectivity index (χ4n) is 2.75. The molecule has 1 heterocycles.